The molecule has 0 aliphatic carbocycles. The number of oxazole rings is 1. The van der Waals surface area contributed by atoms with Gasteiger partial charge in [-0.25, -0.2) is 18.1 Å². The lowest BCUT2D eigenvalue weighted by Crippen LogP contribution is -2.24. The van der Waals surface area contributed by atoms with Crippen molar-refractivity contribution in [3.05, 3.63) is 57.8 Å². The molecule has 0 bridgehead atoms. The lowest BCUT2D eigenvalue weighted by Gasteiger charge is -2.05. The first-order valence-electron chi connectivity index (χ1n) is 5.98. The minimum Gasteiger partial charge on any atom is -0.445 e. The Morgan fingerprint density at radius 2 is 2.19 bits per heavy atom. The van der Waals surface area contributed by atoms with Gasteiger partial charge in [-0.15, -0.1) is 0 Å². The van der Waals surface area contributed by atoms with Crippen molar-refractivity contribution < 1.29 is 17.8 Å². The predicted octanol–water partition coefficient (Wildman–Crippen LogP) is 1.51. The average Bonchev–Trinajstić information content (AvgIpc) is 2.82. The lowest BCUT2D eigenvalue weighted by molar-refractivity contribution is -0.384. The molecule has 0 fully saturated rings. The summed E-state index contributed by atoms with van der Waals surface area (Å²) in [6.07, 6.45) is 1.49. The van der Waals surface area contributed by atoms with Gasteiger partial charge in [0.1, 0.15) is 5.76 Å². The van der Waals surface area contributed by atoms with Gasteiger partial charge >= 0.3 is 0 Å². The van der Waals surface area contributed by atoms with Crippen LogP contribution in [0.1, 0.15) is 17.2 Å². The SMILES string of the molecule is Cc1cnc(CNS(=O)(=O)Cc2cccc([N+](=O)[O-])c2)o1. The molecule has 1 heterocycles. The van der Waals surface area contributed by atoms with Gasteiger partial charge in [0, 0.05) is 12.1 Å². The fraction of sp³-hybridized carbons (Fsp3) is 0.250. The van der Waals surface area contributed by atoms with Crippen LogP contribution < -0.4 is 4.72 Å². The van der Waals surface area contributed by atoms with Gasteiger partial charge in [0.2, 0.25) is 15.9 Å². The Bertz CT molecular complexity index is 754. The standard InChI is InChI=1S/C12H13N3O5S/c1-9-6-13-12(20-9)7-14-21(18,19)8-10-3-2-4-11(5-10)15(16)17/h2-6,14H,7-8H2,1H3. The van der Waals surface area contributed by atoms with E-state index in [0.29, 0.717) is 11.3 Å². The molecule has 0 spiro atoms. The number of nitro benzene ring substituents is 1. The quantitative estimate of drug-likeness (QED) is 0.638. The van der Waals surface area contributed by atoms with Gasteiger partial charge in [0.05, 0.1) is 23.4 Å². The van der Waals surface area contributed by atoms with E-state index in [1.165, 1.54) is 30.5 Å². The van der Waals surface area contributed by atoms with Crippen molar-refractivity contribution in [1.82, 2.24) is 9.71 Å². The number of non-ortho nitro benzene ring substituents is 1. The topological polar surface area (TPSA) is 115 Å². The van der Waals surface area contributed by atoms with Gasteiger partial charge in [0.15, 0.2) is 0 Å². The monoisotopic (exact) mass is 311 g/mol. The Kier molecular flexibility index (Phi) is 4.34. The summed E-state index contributed by atoms with van der Waals surface area (Å²) in [5, 5.41) is 10.7. The summed E-state index contributed by atoms with van der Waals surface area (Å²) in [6.45, 7) is 1.64. The van der Waals surface area contributed by atoms with Crippen LogP contribution >= 0.6 is 0 Å². The zero-order valence-electron chi connectivity index (χ0n) is 11.1. The van der Waals surface area contributed by atoms with Gasteiger partial charge in [-0.2, -0.15) is 0 Å². The fourth-order valence-electron chi connectivity index (χ4n) is 1.69. The van der Waals surface area contributed by atoms with Crippen LogP contribution in [0.5, 0.6) is 0 Å². The van der Waals surface area contributed by atoms with Gasteiger partial charge in [-0.05, 0) is 12.5 Å². The van der Waals surface area contributed by atoms with Gasteiger partial charge in [0.25, 0.3) is 5.69 Å². The van der Waals surface area contributed by atoms with E-state index in [9.17, 15) is 18.5 Å². The van der Waals surface area contributed by atoms with E-state index in [-0.39, 0.29) is 23.9 Å². The van der Waals surface area contributed by atoms with Crippen LogP contribution in [0.2, 0.25) is 0 Å². The lowest BCUT2D eigenvalue weighted by atomic mass is 10.2. The summed E-state index contributed by atoms with van der Waals surface area (Å²) in [7, 11) is -3.64. The number of nitro groups is 1. The molecule has 2 rings (SSSR count). The molecule has 1 N–H and O–H groups in total. The van der Waals surface area contributed by atoms with Crippen molar-refractivity contribution >= 4 is 15.7 Å². The third-order valence-corrected chi connectivity index (χ3v) is 3.89. The van der Waals surface area contributed by atoms with E-state index >= 15 is 0 Å². The van der Waals surface area contributed by atoms with Crippen molar-refractivity contribution in [1.29, 1.82) is 0 Å². The molecule has 0 unspecified atom stereocenters. The Hall–Kier alpha value is -2.26. The van der Waals surface area contributed by atoms with Gasteiger partial charge in [-0.1, -0.05) is 12.1 Å². The number of aromatic nitrogens is 1. The summed E-state index contributed by atoms with van der Waals surface area (Å²) >= 11 is 0. The van der Waals surface area contributed by atoms with Crippen LogP contribution in [-0.4, -0.2) is 18.3 Å². The molecule has 0 atom stereocenters. The maximum absolute atomic E-state index is 11.9. The Labute approximate surface area is 121 Å². The third-order valence-electron chi connectivity index (χ3n) is 2.59. The molecule has 0 aliphatic heterocycles. The molecule has 1 aromatic carbocycles. The first-order valence-corrected chi connectivity index (χ1v) is 7.63. The van der Waals surface area contributed by atoms with Crippen molar-refractivity contribution in [3.8, 4) is 0 Å². The maximum atomic E-state index is 11.9. The fourth-order valence-corrected chi connectivity index (χ4v) is 2.75. The molecule has 0 aliphatic rings. The number of aryl methyl sites for hydroxylation is 1. The van der Waals surface area contributed by atoms with E-state index < -0.39 is 14.9 Å². The normalized spacial score (nSPS) is 11.5. The number of rotatable bonds is 6. The molecule has 8 nitrogen and oxygen atoms in total. The average molecular weight is 311 g/mol. The highest BCUT2D eigenvalue weighted by Crippen LogP contribution is 2.15. The minimum atomic E-state index is -3.64. The first kappa shape index (κ1) is 15.1. The van der Waals surface area contributed by atoms with Crippen molar-refractivity contribution in [3.63, 3.8) is 0 Å². The molecule has 0 saturated carbocycles. The number of nitrogens with zero attached hydrogens (tertiary/aromatic N) is 2. The summed E-state index contributed by atoms with van der Waals surface area (Å²) in [6, 6.07) is 5.50. The summed E-state index contributed by atoms with van der Waals surface area (Å²) in [4.78, 5) is 14.0. The predicted molar refractivity (Wildman–Crippen MR) is 73.8 cm³/mol. The second-order valence-corrected chi connectivity index (χ2v) is 6.18. The first-order chi connectivity index (χ1) is 9.85. The number of hydrogen-bond acceptors (Lipinski definition) is 6. The zero-order valence-corrected chi connectivity index (χ0v) is 12.0. The highest BCUT2D eigenvalue weighted by Gasteiger charge is 2.15. The highest BCUT2D eigenvalue weighted by molar-refractivity contribution is 7.88. The molecular formula is C12H13N3O5S. The maximum Gasteiger partial charge on any atom is 0.269 e. The summed E-state index contributed by atoms with van der Waals surface area (Å²) in [5.74, 6) is 0.493. The Balaban J connectivity index is 2.03. The molecule has 2 aromatic rings. The number of benzene rings is 1. The molecule has 9 heteroatoms. The molecule has 112 valence electrons. The van der Waals surface area contributed by atoms with Crippen molar-refractivity contribution in [2.45, 2.75) is 19.2 Å². The van der Waals surface area contributed by atoms with Crippen molar-refractivity contribution in [2.75, 3.05) is 0 Å². The van der Waals surface area contributed by atoms with E-state index in [4.69, 9.17) is 4.42 Å². The van der Waals surface area contributed by atoms with Crippen LogP contribution in [0.3, 0.4) is 0 Å². The third kappa shape index (κ3) is 4.36. The largest absolute Gasteiger partial charge is 0.445 e. The minimum absolute atomic E-state index is 0.0644. The van der Waals surface area contributed by atoms with E-state index in [2.05, 4.69) is 9.71 Å². The highest BCUT2D eigenvalue weighted by atomic mass is 32.2. The number of nitrogens with one attached hydrogen (secondary N) is 1. The van der Waals surface area contributed by atoms with E-state index in [1.807, 2.05) is 0 Å². The number of hydrogen-bond donors (Lipinski definition) is 1. The Morgan fingerprint density at radius 3 is 2.81 bits per heavy atom. The van der Waals surface area contributed by atoms with E-state index in [0.717, 1.165) is 0 Å². The van der Waals surface area contributed by atoms with E-state index in [1.54, 1.807) is 6.92 Å². The van der Waals surface area contributed by atoms with Gasteiger partial charge in [-0.3, -0.25) is 10.1 Å². The number of sulfonamides is 1. The smallest absolute Gasteiger partial charge is 0.269 e. The van der Waals surface area contributed by atoms with Gasteiger partial charge < -0.3 is 4.42 Å². The van der Waals surface area contributed by atoms with Crippen LogP contribution in [0.4, 0.5) is 5.69 Å². The zero-order chi connectivity index (χ0) is 15.5. The second-order valence-electron chi connectivity index (χ2n) is 4.37. The molecule has 0 saturated heterocycles. The summed E-state index contributed by atoms with van der Waals surface area (Å²) in [5.41, 5.74) is 0.186. The molecule has 0 radical (unpaired) electrons. The van der Waals surface area contributed by atoms with Crippen LogP contribution in [-0.2, 0) is 22.3 Å². The molecule has 0 amide bonds. The second kappa shape index (κ2) is 6.02. The Morgan fingerprint density at radius 1 is 1.43 bits per heavy atom. The van der Waals surface area contributed by atoms with Crippen molar-refractivity contribution in [2.24, 2.45) is 0 Å². The summed E-state index contributed by atoms with van der Waals surface area (Å²) < 4.78 is 31.3. The van der Waals surface area contributed by atoms with Crippen LogP contribution in [0.15, 0.2) is 34.9 Å². The molecular weight excluding hydrogens is 298 g/mol. The molecule has 21 heavy (non-hydrogen) atoms. The van der Waals surface area contributed by atoms with Crippen LogP contribution in [0.25, 0.3) is 0 Å². The van der Waals surface area contributed by atoms with Crippen LogP contribution in [0, 0.1) is 17.0 Å². The molecule has 1 aromatic heterocycles.